The molecule has 1 fully saturated rings. The lowest BCUT2D eigenvalue weighted by molar-refractivity contribution is -0.137. The Bertz CT molecular complexity index is 483. The lowest BCUT2D eigenvalue weighted by Gasteiger charge is -2.36. The fourth-order valence-electron chi connectivity index (χ4n) is 2.86. The molecule has 1 aromatic rings. The maximum Gasteiger partial charge on any atom is 0.303 e. The third kappa shape index (κ3) is 4.73. The van der Waals surface area contributed by atoms with Crippen molar-refractivity contribution in [2.45, 2.75) is 39.0 Å². The summed E-state index contributed by atoms with van der Waals surface area (Å²) < 4.78 is 0. The number of hydrogen-bond acceptors (Lipinski definition) is 3. The van der Waals surface area contributed by atoms with E-state index in [0.717, 1.165) is 39.1 Å². The second-order valence-corrected chi connectivity index (χ2v) is 7.12. The van der Waals surface area contributed by atoms with Crippen molar-refractivity contribution in [1.82, 2.24) is 4.90 Å². The van der Waals surface area contributed by atoms with Gasteiger partial charge in [-0.1, -0.05) is 32.9 Å². The lowest BCUT2D eigenvalue weighted by Crippen LogP contribution is -2.46. The first-order valence-corrected chi connectivity index (χ1v) is 8.16. The van der Waals surface area contributed by atoms with Crippen LogP contribution in [0.25, 0.3) is 0 Å². The third-order valence-corrected chi connectivity index (χ3v) is 4.34. The molecular formula is C18H28N2O2. The van der Waals surface area contributed by atoms with Gasteiger partial charge in [0.1, 0.15) is 0 Å². The number of hydrogen-bond donors (Lipinski definition) is 1. The molecule has 0 amide bonds. The highest BCUT2D eigenvalue weighted by Gasteiger charge is 2.18. The van der Waals surface area contributed by atoms with Gasteiger partial charge in [-0.3, -0.25) is 9.69 Å². The summed E-state index contributed by atoms with van der Waals surface area (Å²) in [6.45, 7) is 11.7. The minimum Gasteiger partial charge on any atom is -0.481 e. The molecular weight excluding hydrogens is 276 g/mol. The molecule has 1 aromatic carbocycles. The topological polar surface area (TPSA) is 43.8 Å². The highest BCUT2D eigenvalue weighted by molar-refractivity contribution is 5.66. The molecule has 122 valence electrons. The Morgan fingerprint density at radius 1 is 1.09 bits per heavy atom. The molecule has 4 nitrogen and oxygen atoms in total. The van der Waals surface area contributed by atoms with Crippen LogP contribution in [0.1, 0.15) is 39.2 Å². The van der Waals surface area contributed by atoms with Gasteiger partial charge in [0.2, 0.25) is 0 Å². The van der Waals surface area contributed by atoms with Crippen LogP contribution in [0.3, 0.4) is 0 Å². The van der Waals surface area contributed by atoms with E-state index in [4.69, 9.17) is 5.11 Å². The molecule has 1 saturated heterocycles. The van der Waals surface area contributed by atoms with Crippen LogP contribution in [-0.2, 0) is 10.2 Å². The summed E-state index contributed by atoms with van der Waals surface area (Å²) in [6, 6.07) is 8.91. The van der Waals surface area contributed by atoms with Crippen LogP contribution in [0.5, 0.6) is 0 Å². The minimum absolute atomic E-state index is 0.196. The van der Waals surface area contributed by atoms with E-state index < -0.39 is 5.97 Å². The van der Waals surface area contributed by atoms with Crippen LogP contribution in [0.2, 0.25) is 0 Å². The lowest BCUT2D eigenvalue weighted by atomic mass is 9.87. The monoisotopic (exact) mass is 304 g/mol. The quantitative estimate of drug-likeness (QED) is 0.908. The fraction of sp³-hybridized carbons (Fsp3) is 0.611. The van der Waals surface area contributed by atoms with Gasteiger partial charge in [0.25, 0.3) is 0 Å². The Labute approximate surface area is 133 Å². The zero-order valence-electron chi connectivity index (χ0n) is 14.0. The Kier molecular flexibility index (Phi) is 5.46. The van der Waals surface area contributed by atoms with Gasteiger partial charge in [-0.15, -0.1) is 0 Å². The first-order valence-electron chi connectivity index (χ1n) is 8.16. The number of carbonyl (C=O) groups is 1. The molecule has 0 spiro atoms. The Balaban J connectivity index is 1.82. The van der Waals surface area contributed by atoms with Crippen molar-refractivity contribution in [2.24, 2.45) is 0 Å². The third-order valence-electron chi connectivity index (χ3n) is 4.34. The summed E-state index contributed by atoms with van der Waals surface area (Å²) in [4.78, 5) is 15.3. The van der Waals surface area contributed by atoms with Crippen LogP contribution in [0.15, 0.2) is 24.3 Å². The number of anilines is 1. The molecule has 0 atom stereocenters. The summed E-state index contributed by atoms with van der Waals surface area (Å²) in [7, 11) is 0. The van der Waals surface area contributed by atoms with E-state index in [0.29, 0.717) is 0 Å². The molecule has 1 N–H and O–H groups in total. The number of rotatable bonds is 5. The number of nitrogens with zero attached hydrogens (tertiary/aromatic N) is 2. The Morgan fingerprint density at radius 3 is 2.18 bits per heavy atom. The van der Waals surface area contributed by atoms with Crippen LogP contribution in [-0.4, -0.2) is 48.7 Å². The van der Waals surface area contributed by atoms with Gasteiger partial charge in [-0.2, -0.15) is 0 Å². The van der Waals surface area contributed by atoms with Crippen molar-refractivity contribution in [1.29, 1.82) is 0 Å². The molecule has 4 heteroatoms. The second-order valence-electron chi connectivity index (χ2n) is 7.12. The van der Waals surface area contributed by atoms with Gasteiger partial charge in [0.05, 0.1) is 0 Å². The standard InChI is InChI=1S/C18H28N2O2/c1-18(2,3)15-6-8-16(9-7-15)20-13-11-19(12-14-20)10-4-5-17(21)22/h6-9H,4-5,10-14H2,1-3H3,(H,21,22). The normalized spacial score (nSPS) is 16.8. The van der Waals surface area contributed by atoms with E-state index in [1.807, 2.05) is 0 Å². The van der Waals surface area contributed by atoms with Crippen LogP contribution in [0, 0.1) is 0 Å². The van der Waals surface area contributed by atoms with E-state index in [-0.39, 0.29) is 11.8 Å². The molecule has 1 aliphatic rings. The molecule has 0 aliphatic carbocycles. The summed E-state index contributed by atoms with van der Waals surface area (Å²) in [5.41, 5.74) is 2.85. The predicted molar refractivity (Wildman–Crippen MR) is 90.7 cm³/mol. The van der Waals surface area contributed by atoms with E-state index in [9.17, 15) is 4.79 Å². The average molecular weight is 304 g/mol. The van der Waals surface area contributed by atoms with E-state index >= 15 is 0 Å². The van der Waals surface area contributed by atoms with Gasteiger partial charge >= 0.3 is 5.97 Å². The predicted octanol–water partition coefficient (Wildman–Crippen LogP) is 2.97. The van der Waals surface area contributed by atoms with E-state index in [2.05, 4.69) is 54.8 Å². The maximum absolute atomic E-state index is 10.5. The number of carboxylic acids is 1. The maximum atomic E-state index is 10.5. The summed E-state index contributed by atoms with van der Waals surface area (Å²) in [6.07, 6.45) is 1.02. The Morgan fingerprint density at radius 2 is 1.68 bits per heavy atom. The van der Waals surface area contributed by atoms with E-state index in [1.54, 1.807) is 0 Å². The smallest absolute Gasteiger partial charge is 0.303 e. The zero-order chi connectivity index (χ0) is 16.2. The Hall–Kier alpha value is -1.55. The van der Waals surface area contributed by atoms with Crippen molar-refractivity contribution < 1.29 is 9.90 Å². The summed E-state index contributed by atoms with van der Waals surface area (Å²) >= 11 is 0. The van der Waals surface area contributed by atoms with Gasteiger partial charge < -0.3 is 10.0 Å². The number of benzene rings is 1. The molecule has 22 heavy (non-hydrogen) atoms. The number of piperazine rings is 1. The van der Waals surface area contributed by atoms with Gasteiger partial charge in [-0.25, -0.2) is 0 Å². The highest BCUT2D eigenvalue weighted by Crippen LogP contribution is 2.25. The van der Waals surface area contributed by atoms with Crippen molar-refractivity contribution in [2.75, 3.05) is 37.6 Å². The molecule has 0 saturated carbocycles. The van der Waals surface area contributed by atoms with Crippen molar-refractivity contribution in [3.8, 4) is 0 Å². The van der Waals surface area contributed by atoms with Crippen LogP contribution >= 0.6 is 0 Å². The number of carboxylic acid groups (broad SMARTS) is 1. The first-order chi connectivity index (χ1) is 10.4. The van der Waals surface area contributed by atoms with E-state index in [1.165, 1.54) is 11.3 Å². The summed E-state index contributed by atoms with van der Waals surface area (Å²) in [5.74, 6) is -0.697. The molecule has 1 aliphatic heterocycles. The molecule has 1 heterocycles. The average Bonchev–Trinajstić information content (AvgIpc) is 2.47. The van der Waals surface area contributed by atoms with Gasteiger partial charge in [0.15, 0.2) is 0 Å². The van der Waals surface area contributed by atoms with Gasteiger partial charge in [0, 0.05) is 38.3 Å². The van der Waals surface area contributed by atoms with Gasteiger partial charge in [-0.05, 0) is 36.1 Å². The molecule has 0 bridgehead atoms. The molecule has 0 radical (unpaired) electrons. The number of aliphatic carboxylic acids is 1. The van der Waals surface area contributed by atoms with Crippen LogP contribution in [0.4, 0.5) is 5.69 Å². The molecule has 2 rings (SSSR count). The van der Waals surface area contributed by atoms with Crippen LogP contribution < -0.4 is 4.90 Å². The summed E-state index contributed by atoms with van der Waals surface area (Å²) in [5, 5.41) is 8.69. The van der Waals surface area contributed by atoms with Crippen molar-refractivity contribution >= 4 is 11.7 Å². The fourth-order valence-corrected chi connectivity index (χ4v) is 2.86. The van der Waals surface area contributed by atoms with Crippen molar-refractivity contribution in [3.63, 3.8) is 0 Å². The second kappa shape index (κ2) is 7.14. The first kappa shape index (κ1) is 16.8. The molecule has 0 aromatic heterocycles. The zero-order valence-corrected chi connectivity index (χ0v) is 14.0. The highest BCUT2D eigenvalue weighted by atomic mass is 16.4. The SMILES string of the molecule is CC(C)(C)c1ccc(N2CCN(CCCC(=O)O)CC2)cc1. The van der Waals surface area contributed by atoms with Crippen molar-refractivity contribution in [3.05, 3.63) is 29.8 Å². The largest absolute Gasteiger partial charge is 0.481 e. The molecule has 0 unspecified atom stereocenters. The minimum atomic E-state index is -0.697.